The summed E-state index contributed by atoms with van der Waals surface area (Å²) in [6.45, 7) is 2.44. The average Bonchev–Trinajstić information content (AvgIpc) is 3.00. The first-order valence-corrected chi connectivity index (χ1v) is 8.23. The third-order valence-electron chi connectivity index (χ3n) is 3.43. The molecule has 0 aliphatic rings. The summed E-state index contributed by atoms with van der Waals surface area (Å²) in [4.78, 5) is 16.1. The SMILES string of the molecule is CNC(C)CNC(=O)Cc1csc(-c2cccc(C(F)(F)F)c2)n1. The van der Waals surface area contributed by atoms with Crippen LogP contribution in [0, 0.1) is 0 Å². The largest absolute Gasteiger partial charge is 0.416 e. The summed E-state index contributed by atoms with van der Waals surface area (Å²) < 4.78 is 38.3. The Balaban J connectivity index is 2.04. The summed E-state index contributed by atoms with van der Waals surface area (Å²) in [7, 11) is 1.80. The van der Waals surface area contributed by atoms with E-state index in [0.717, 1.165) is 12.1 Å². The van der Waals surface area contributed by atoms with Gasteiger partial charge in [0.15, 0.2) is 0 Å². The lowest BCUT2D eigenvalue weighted by Crippen LogP contribution is -2.37. The fourth-order valence-electron chi connectivity index (χ4n) is 1.95. The van der Waals surface area contributed by atoms with Gasteiger partial charge in [0, 0.05) is 23.5 Å². The van der Waals surface area contributed by atoms with Crippen LogP contribution in [0.1, 0.15) is 18.2 Å². The van der Waals surface area contributed by atoms with Crippen LogP contribution in [-0.2, 0) is 17.4 Å². The molecule has 2 rings (SSSR count). The van der Waals surface area contributed by atoms with Crippen molar-refractivity contribution in [1.29, 1.82) is 0 Å². The van der Waals surface area contributed by atoms with Crippen LogP contribution in [0.5, 0.6) is 0 Å². The number of rotatable bonds is 6. The molecule has 1 heterocycles. The lowest BCUT2D eigenvalue weighted by molar-refractivity contribution is -0.137. The number of nitrogens with zero attached hydrogens (tertiary/aromatic N) is 1. The van der Waals surface area contributed by atoms with Gasteiger partial charge in [0.05, 0.1) is 17.7 Å². The van der Waals surface area contributed by atoms with E-state index in [1.165, 1.54) is 17.4 Å². The number of alkyl halides is 3. The number of aromatic nitrogens is 1. The second kappa shape index (κ2) is 7.76. The van der Waals surface area contributed by atoms with Crippen molar-refractivity contribution in [3.8, 4) is 10.6 Å². The molecule has 1 aromatic heterocycles. The van der Waals surface area contributed by atoms with Crippen LogP contribution in [0.25, 0.3) is 10.6 Å². The van der Waals surface area contributed by atoms with Gasteiger partial charge >= 0.3 is 6.18 Å². The molecule has 130 valence electrons. The van der Waals surface area contributed by atoms with E-state index in [9.17, 15) is 18.0 Å². The third-order valence-corrected chi connectivity index (χ3v) is 4.37. The molecule has 4 nitrogen and oxygen atoms in total. The maximum Gasteiger partial charge on any atom is 0.416 e. The minimum atomic E-state index is -4.39. The van der Waals surface area contributed by atoms with Crippen LogP contribution in [-0.4, -0.2) is 30.5 Å². The Kier molecular flexibility index (Phi) is 5.95. The number of carbonyl (C=O) groups excluding carboxylic acids is 1. The van der Waals surface area contributed by atoms with Crippen LogP contribution in [0.4, 0.5) is 13.2 Å². The van der Waals surface area contributed by atoms with Crippen molar-refractivity contribution in [3.63, 3.8) is 0 Å². The lowest BCUT2D eigenvalue weighted by atomic mass is 10.1. The van der Waals surface area contributed by atoms with Gasteiger partial charge in [0.2, 0.25) is 5.91 Å². The van der Waals surface area contributed by atoms with E-state index < -0.39 is 11.7 Å². The molecule has 2 aromatic rings. The van der Waals surface area contributed by atoms with Gasteiger partial charge in [-0.1, -0.05) is 12.1 Å². The quantitative estimate of drug-likeness (QED) is 0.835. The van der Waals surface area contributed by atoms with E-state index in [4.69, 9.17) is 0 Å². The van der Waals surface area contributed by atoms with Crippen molar-refractivity contribution in [3.05, 3.63) is 40.9 Å². The van der Waals surface area contributed by atoms with Crippen LogP contribution in [0.3, 0.4) is 0 Å². The summed E-state index contributed by atoms with van der Waals surface area (Å²) in [5.74, 6) is -0.169. The van der Waals surface area contributed by atoms with Crippen molar-refractivity contribution in [1.82, 2.24) is 15.6 Å². The molecule has 0 fully saturated rings. The molecule has 0 saturated heterocycles. The highest BCUT2D eigenvalue weighted by atomic mass is 32.1. The Labute approximate surface area is 142 Å². The van der Waals surface area contributed by atoms with Gasteiger partial charge in [-0.05, 0) is 26.1 Å². The first kappa shape index (κ1) is 18.4. The first-order chi connectivity index (χ1) is 11.3. The van der Waals surface area contributed by atoms with Crippen molar-refractivity contribution >= 4 is 17.2 Å². The Morgan fingerprint density at radius 3 is 2.79 bits per heavy atom. The zero-order valence-electron chi connectivity index (χ0n) is 13.3. The number of likely N-dealkylation sites (N-methyl/N-ethyl adjacent to an activating group) is 1. The molecule has 1 atom stereocenters. The number of amides is 1. The number of carbonyl (C=O) groups is 1. The third kappa shape index (κ3) is 5.04. The molecular formula is C16H18F3N3OS. The van der Waals surface area contributed by atoms with Crippen molar-refractivity contribution in [2.45, 2.75) is 25.6 Å². The topological polar surface area (TPSA) is 54.0 Å². The van der Waals surface area contributed by atoms with E-state index in [1.54, 1.807) is 18.5 Å². The molecule has 0 spiro atoms. The molecule has 0 aliphatic carbocycles. The van der Waals surface area contributed by atoms with E-state index in [0.29, 0.717) is 22.8 Å². The molecular weight excluding hydrogens is 339 g/mol. The van der Waals surface area contributed by atoms with Crippen LogP contribution in [0.2, 0.25) is 0 Å². The van der Waals surface area contributed by atoms with Gasteiger partial charge in [-0.2, -0.15) is 13.2 Å². The molecule has 2 N–H and O–H groups in total. The first-order valence-electron chi connectivity index (χ1n) is 7.35. The predicted molar refractivity (Wildman–Crippen MR) is 87.8 cm³/mol. The number of hydrogen-bond donors (Lipinski definition) is 2. The normalized spacial score (nSPS) is 12.9. The molecule has 1 aromatic carbocycles. The molecule has 0 radical (unpaired) electrons. The van der Waals surface area contributed by atoms with Gasteiger partial charge in [-0.3, -0.25) is 4.79 Å². The van der Waals surface area contributed by atoms with Crippen molar-refractivity contribution < 1.29 is 18.0 Å². The minimum absolute atomic E-state index is 0.103. The summed E-state index contributed by atoms with van der Waals surface area (Å²) in [6, 6.07) is 5.17. The van der Waals surface area contributed by atoms with Crippen LogP contribution < -0.4 is 10.6 Å². The predicted octanol–water partition coefficient (Wildman–Crippen LogP) is 3.10. The van der Waals surface area contributed by atoms with Crippen molar-refractivity contribution in [2.75, 3.05) is 13.6 Å². The monoisotopic (exact) mass is 357 g/mol. The number of benzene rings is 1. The fraction of sp³-hybridized carbons (Fsp3) is 0.375. The second-order valence-electron chi connectivity index (χ2n) is 5.39. The number of nitrogens with one attached hydrogen (secondary N) is 2. The van der Waals surface area contributed by atoms with Gasteiger partial charge < -0.3 is 10.6 Å². The highest BCUT2D eigenvalue weighted by Crippen LogP contribution is 2.33. The highest BCUT2D eigenvalue weighted by Gasteiger charge is 2.30. The fourth-order valence-corrected chi connectivity index (χ4v) is 2.76. The van der Waals surface area contributed by atoms with Gasteiger partial charge in [0.25, 0.3) is 0 Å². The van der Waals surface area contributed by atoms with E-state index in [2.05, 4.69) is 15.6 Å². The molecule has 0 bridgehead atoms. The van der Waals surface area contributed by atoms with Crippen LogP contribution in [0.15, 0.2) is 29.6 Å². The van der Waals surface area contributed by atoms with Gasteiger partial charge in [-0.15, -0.1) is 11.3 Å². The zero-order valence-corrected chi connectivity index (χ0v) is 14.1. The zero-order chi connectivity index (χ0) is 17.7. The van der Waals surface area contributed by atoms with E-state index in [-0.39, 0.29) is 18.4 Å². The summed E-state index contributed by atoms with van der Waals surface area (Å²) in [5, 5.41) is 7.94. The summed E-state index contributed by atoms with van der Waals surface area (Å²) >= 11 is 1.22. The second-order valence-corrected chi connectivity index (χ2v) is 6.25. The standard InChI is InChI=1S/C16H18F3N3OS/c1-10(20-2)8-21-14(23)7-13-9-24-15(22-13)11-4-3-5-12(6-11)16(17,18)19/h3-6,9-10,20H,7-8H2,1-2H3,(H,21,23). The number of hydrogen-bond acceptors (Lipinski definition) is 4. The molecule has 8 heteroatoms. The maximum absolute atomic E-state index is 12.8. The van der Waals surface area contributed by atoms with Crippen LogP contribution >= 0.6 is 11.3 Å². The highest BCUT2D eigenvalue weighted by molar-refractivity contribution is 7.13. The number of thiazole rings is 1. The Morgan fingerprint density at radius 1 is 1.38 bits per heavy atom. The van der Waals surface area contributed by atoms with Gasteiger partial charge in [-0.25, -0.2) is 4.98 Å². The minimum Gasteiger partial charge on any atom is -0.354 e. The summed E-state index contributed by atoms with van der Waals surface area (Å²) in [6.07, 6.45) is -4.29. The average molecular weight is 357 g/mol. The summed E-state index contributed by atoms with van der Waals surface area (Å²) in [5.41, 5.74) is 0.225. The molecule has 1 unspecified atom stereocenters. The Bertz CT molecular complexity index is 700. The smallest absolute Gasteiger partial charge is 0.354 e. The Hall–Kier alpha value is -1.93. The lowest BCUT2D eigenvalue weighted by Gasteiger charge is -2.10. The molecule has 0 saturated carbocycles. The molecule has 24 heavy (non-hydrogen) atoms. The maximum atomic E-state index is 12.8. The van der Waals surface area contributed by atoms with Gasteiger partial charge in [0.1, 0.15) is 5.01 Å². The van der Waals surface area contributed by atoms with E-state index in [1.807, 2.05) is 6.92 Å². The number of halogens is 3. The van der Waals surface area contributed by atoms with E-state index >= 15 is 0 Å². The van der Waals surface area contributed by atoms with Crippen molar-refractivity contribution in [2.24, 2.45) is 0 Å². The molecule has 1 amide bonds. The molecule has 0 aliphatic heterocycles. The Morgan fingerprint density at radius 2 is 2.12 bits per heavy atom.